The maximum Gasteiger partial charge on any atom is 0.0605 e. The van der Waals surface area contributed by atoms with E-state index in [9.17, 15) is 0 Å². The van der Waals surface area contributed by atoms with E-state index in [0.29, 0.717) is 6.04 Å². The lowest BCUT2D eigenvalue weighted by atomic mass is 9.92. The van der Waals surface area contributed by atoms with Crippen LogP contribution in [0.1, 0.15) is 30.1 Å². The molecule has 1 aromatic heterocycles. The molecule has 0 saturated carbocycles. The minimum Gasteiger partial charge on any atom is -0.383 e. The van der Waals surface area contributed by atoms with Gasteiger partial charge in [0.2, 0.25) is 0 Å². The van der Waals surface area contributed by atoms with Gasteiger partial charge in [0.05, 0.1) is 12.3 Å². The van der Waals surface area contributed by atoms with Crippen molar-refractivity contribution in [1.82, 2.24) is 10.3 Å². The Bertz CT molecular complexity index is 314. The Balaban J connectivity index is 2.02. The lowest BCUT2D eigenvalue weighted by Crippen LogP contribution is -2.28. The van der Waals surface area contributed by atoms with E-state index in [2.05, 4.69) is 16.4 Å². The predicted molar refractivity (Wildman–Crippen MR) is 59.8 cm³/mol. The second kappa shape index (κ2) is 5.24. The highest BCUT2D eigenvalue weighted by Crippen LogP contribution is 2.27. The molecular formula is C12H18N2O. The van der Waals surface area contributed by atoms with E-state index >= 15 is 0 Å². The molecule has 1 aromatic rings. The molecule has 0 spiro atoms. The van der Waals surface area contributed by atoms with Crippen molar-refractivity contribution in [2.45, 2.75) is 25.3 Å². The van der Waals surface area contributed by atoms with Crippen LogP contribution in [0.25, 0.3) is 0 Å². The van der Waals surface area contributed by atoms with Crippen LogP contribution in [0.5, 0.6) is 0 Å². The third-order valence-electron chi connectivity index (χ3n) is 2.89. The third kappa shape index (κ3) is 2.55. The van der Waals surface area contributed by atoms with Gasteiger partial charge in [-0.1, -0.05) is 6.07 Å². The normalized spacial score (nSPS) is 19.9. The molecule has 0 radical (unpaired) electrons. The minimum atomic E-state index is 0.421. The predicted octanol–water partition coefficient (Wildman–Crippen LogP) is 1.69. The molecule has 0 amide bonds. The van der Waals surface area contributed by atoms with E-state index in [0.717, 1.165) is 13.2 Å². The van der Waals surface area contributed by atoms with Crippen molar-refractivity contribution in [3.63, 3.8) is 0 Å². The number of nitrogens with one attached hydrogen (secondary N) is 1. The van der Waals surface area contributed by atoms with Crippen molar-refractivity contribution in [2.24, 2.45) is 0 Å². The molecule has 0 aromatic carbocycles. The molecule has 15 heavy (non-hydrogen) atoms. The topological polar surface area (TPSA) is 34.1 Å². The summed E-state index contributed by atoms with van der Waals surface area (Å²) in [6.07, 6.45) is 5.50. The Morgan fingerprint density at radius 3 is 3.40 bits per heavy atom. The third-order valence-corrected chi connectivity index (χ3v) is 2.89. The Kier molecular flexibility index (Phi) is 3.69. The van der Waals surface area contributed by atoms with Crippen LogP contribution >= 0.6 is 0 Å². The molecule has 1 aliphatic carbocycles. The molecular weight excluding hydrogens is 188 g/mol. The summed E-state index contributed by atoms with van der Waals surface area (Å²) < 4.78 is 5.04. The fourth-order valence-electron chi connectivity index (χ4n) is 2.14. The zero-order valence-corrected chi connectivity index (χ0v) is 9.20. The molecule has 0 saturated heterocycles. The van der Waals surface area contributed by atoms with Crippen molar-refractivity contribution >= 4 is 0 Å². The molecule has 1 N–H and O–H groups in total. The smallest absolute Gasteiger partial charge is 0.0605 e. The molecule has 1 aliphatic rings. The van der Waals surface area contributed by atoms with E-state index in [-0.39, 0.29) is 0 Å². The number of rotatable bonds is 4. The van der Waals surface area contributed by atoms with Crippen LogP contribution in [-0.4, -0.2) is 25.2 Å². The molecule has 0 aliphatic heterocycles. The van der Waals surface area contributed by atoms with Crippen LogP contribution in [0.2, 0.25) is 0 Å². The van der Waals surface area contributed by atoms with Crippen LogP contribution in [0.4, 0.5) is 0 Å². The van der Waals surface area contributed by atoms with Crippen molar-refractivity contribution in [3.05, 3.63) is 29.6 Å². The van der Waals surface area contributed by atoms with Crippen molar-refractivity contribution in [1.29, 1.82) is 0 Å². The van der Waals surface area contributed by atoms with E-state index < -0.39 is 0 Å². The van der Waals surface area contributed by atoms with Crippen molar-refractivity contribution < 1.29 is 4.74 Å². The first-order chi connectivity index (χ1) is 7.42. The number of nitrogens with zero attached hydrogens (tertiary/aromatic N) is 1. The van der Waals surface area contributed by atoms with Gasteiger partial charge in [-0.25, -0.2) is 0 Å². The second-order valence-corrected chi connectivity index (χ2v) is 3.94. The molecule has 82 valence electrons. The van der Waals surface area contributed by atoms with Crippen molar-refractivity contribution in [3.8, 4) is 0 Å². The SMILES string of the molecule is COCCNC1CCCc2cccnc21. The van der Waals surface area contributed by atoms with E-state index in [1.807, 2.05) is 12.3 Å². The van der Waals surface area contributed by atoms with Crippen LogP contribution in [-0.2, 0) is 11.2 Å². The highest BCUT2D eigenvalue weighted by Gasteiger charge is 2.19. The molecule has 0 fully saturated rings. The molecule has 3 nitrogen and oxygen atoms in total. The lowest BCUT2D eigenvalue weighted by Gasteiger charge is -2.25. The lowest BCUT2D eigenvalue weighted by molar-refractivity contribution is 0.194. The van der Waals surface area contributed by atoms with Gasteiger partial charge < -0.3 is 10.1 Å². The molecule has 1 atom stereocenters. The zero-order chi connectivity index (χ0) is 10.5. The number of ether oxygens (including phenoxy) is 1. The largest absolute Gasteiger partial charge is 0.383 e. The van der Waals surface area contributed by atoms with Gasteiger partial charge in [0.1, 0.15) is 0 Å². The van der Waals surface area contributed by atoms with Gasteiger partial charge in [-0.05, 0) is 30.9 Å². The Morgan fingerprint density at radius 2 is 2.53 bits per heavy atom. The number of aromatic nitrogens is 1. The molecule has 1 unspecified atom stereocenters. The highest BCUT2D eigenvalue weighted by molar-refractivity contribution is 5.25. The molecule has 1 heterocycles. The van der Waals surface area contributed by atoms with Crippen LogP contribution in [0, 0.1) is 0 Å². The summed E-state index contributed by atoms with van der Waals surface area (Å²) in [5.74, 6) is 0. The molecule has 2 rings (SSSR count). The van der Waals surface area contributed by atoms with Crippen LogP contribution in [0.3, 0.4) is 0 Å². The van der Waals surface area contributed by atoms with Gasteiger partial charge in [0.25, 0.3) is 0 Å². The van der Waals surface area contributed by atoms with Gasteiger partial charge in [0.15, 0.2) is 0 Å². The van der Waals surface area contributed by atoms with Gasteiger partial charge in [-0.15, -0.1) is 0 Å². The first-order valence-electron chi connectivity index (χ1n) is 5.58. The van der Waals surface area contributed by atoms with Crippen molar-refractivity contribution in [2.75, 3.05) is 20.3 Å². The summed E-state index contributed by atoms with van der Waals surface area (Å²) in [5, 5.41) is 3.49. The number of pyridine rings is 1. The zero-order valence-electron chi connectivity index (χ0n) is 9.20. The number of aryl methyl sites for hydroxylation is 1. The summed E-state index contributed by atoms with van der Waals surface area (Å²) in [5.41, 5.74) is 2.64. The average molecular weight is 206 g/mol. The number of hydrogen-bond donors (Lipinski definition) is 1. The van der Waals surface area contributed by atoms with E-state index in [4.69, 9.17) is 4.74 Å². The van der Waals surface area contributed by atoms with Gasteiger partial charge in [0, 0.05) is 25.9 Å². The summed E-state index contributed by atoms with van der Waals surface area (Å²) in [4.78, 5) is 4.48. The second-order valence-electron chi connectivity index (χ2n) is 3.94. The number of hydrogen-bond acceptors (Lipinski definition) is 3. The Hall–Kier alpha value is -0.930. The first kappa shape index (κ1) is 10.6. The van der Waals surface area contributed by atoms with Gasteiger partial charge >= 0.3 is 0 Å². The summed E-state index contributed by atoms with van der Waals surface area (Å²) in [6.45, 7) is 1.66. The number of methoxy groups -OCH3 is 1. The maximum atomic E-state index is 5.04. The average Bonchev–Trinajstić information content (AvgIpc) is 2.30. The van der Waals surface area contributed by atoms with E-state index in [1.54, 1.807) is 7.11 Å². The summed E-state index contributed by atoms with van der Waals surface area (Å²) in [6, 6.07) is 4.63. The monoisotopic (exact) mass is 206 g/mol. The minimum absolute atomic E-state index is 0.421. The Morgan fingerprint density at radius 1 is 1.60 bits per heavy atom. The van der Waals surface area contributed by atoms with Crippen LogP contribution < -0.4 is 5.32 Å². The Labute approximate surface area is 90.9 Å². The summed E-state index contributed by atoms with van der Waals surface area (Å²) in [7, 11) is 1.73. The first-order valence-corrected chi connectivity index (χ1v) is 5.58. The molecule has 3 heteroatoms. The van der Waals surface area contributed by atoms with E-state index in [1.165, 1.54) is 30.5 Å². The highest BCUT2D eigenvalue weighted by atomic mass is 16.5. The molecule has 0 bridgehead atoms. The fourth-order valence-corrected chi connectivity index (χ4v) is 2.14. The van der Waals surface area contributed by atoms with Gasteiger partial charge in [-0.2, -0.15) is 0 Å². The van der Waals surface area contributed by atoms with Gasteiger partial charge in [-0.3, -0.25) is 4.98 Å². The fraction of sp³-hybridized carbons (Fsp3) is 0.583. The summed E-state index contributed by atoms with van der Waals surface area (Å²) >= 11 is 0. The number of fused-ring (bicyclic) bond motifs is 1. The standard InChI is InChI=1S/C12H18N2O/c1-15-9-8-13-11-6-2-4-10-5-3-7-14-12(10)11/h3,5,7,11,13H,2,4,6,8-9H2,1H3. The van der Waals surface area contributed by atoms with Crippen LogP contribution in [0.15, 0.2) is 18.3 Å². The maximum absolute atomic E-state index is 5.04. The quantitative estimate of drug-likeness (QED) is 0.761.